The summed E-state index contributed by atoms with van der Waals surface area (Å²) in [5.74, 6) is 0. The van der Waals surface area contributed by atoms with Crippen molar-refractivity contribution >= 4 is 103 Å². The van der Waals surface area contributed by atoms with Gasteiger partial charge in [-0.25, -0.2) is 0 Å². The lowest BCUT2D eigenvalue weighted by atomic mass is 9.94. The minimum Gasteiger partial charge on any atom is -0.456 e. The molecule has 0 radical (unpaired) electrons. The van der Waals surface area contributed by atoms with Gasteiger partial charge in [-0.1, -0.05) is 152 Å². The lowest BCUT2D eigenvalue weighted by Gasteiger charge is -2.26. The molecule has 0 unspecified atom stereocenters. The Balaban J connectivity index is 1.04. The Bertz CT molecular complexity index is 3850. The van der Waals surface area contributed by atoms with Gasteiger partial charge in [0.15, 0.2) is 5.58 Å². The molecule has 0 N–H and O–H groups in total. The number of para-hydroxylation sites is 1. The molecule has 3 nitrogen and oxygen atoms in total. The zero-order valence-electron chi connectivity index (χ0n) is 33.4. The lowest BCUT2D eigenvalue weighted by Crippen LogP contribution is -2.10. The summed E-state index contributed by atoms with van der Waals surface area (Å²) in [6.45, 7) is 0. The summed E-state index contributed by atoms with van der Waals surface area (Å²) in [5, 5.41) is 9.42. The average Bonchev–Trinajstić information content (AvgIpc) is 4.04. The Kier molecular flexibility index (Phi) is 7.78. The number of thiophene rings is 1. The van der Waals surface area contributed by atoms with Crippen LogP contribution in [0.25, 0.3) is 108 Å². The first-order valence-electron chi connectivity index (χ1n) is 21.0. The van der Waals surface area contributed by atoms with Crippen molar-refractivity contribution in [2.45, 2.75) is 0 Å². The third-order valence-electron chi connectivity index (χ3n) is 12.5. The van der Waals surface area contributed by atoms with E-state index in [2.05, 4.69) is 217 Å². The van der Waals surface area contributed by atoms with Crippen molar-refractivity contribution in [3.05, 3.63) is 212 Å². The molecule has 0 aliphatic heterocycles. The van der Waals surface area contributed by atoms with Crippen molar-refractivity contribution in [3.8, 4) is 33.4 Å². The summed E-state index contributed by atoms with van der Waals surface area (Å²) < 4.78 is 16.2. The lowest BCUT2D eigenvalue weighted by molar-refractivity contribution is 0.668. The fraction of sp³-hybridized carbons (Fsp3) is 0. The van der Waals surface area contributed by atoms with E-state index < -0.39 is 0 Å². The van der Waals surface area contributed by atoms with Gasteiger partial charge in [0.05, 0.1) is 5.69 Å². The van der Waals surface area contributed by atoms with Crippen molar-refractivity contribution in [2.24, 2.45) is 0 Å². The number of hydrogen-bond acceptors (Lipinski definition) is 4. The maximum Gasteiger partial charge on any atom is 0.160 e. The van der Waals surface area contributed by atoms with Crippen LogP contribution in [0.3, 0.4) is 0 Å². The highest BCUT2D eigenvalue weighted by atomic mass is 32.1. The van der Waals surface area contributed by atoms with Crippen molar-refractivity contribution in [2.75, 3.05) is 4.90 Å². The fourth-order valence-corrected chi connectivity index (χ4v) is 10.9. The van der Waals surface area contributed by atoms with E-state index in [1.165, 1.54) is 47.6 Å². The molecule has 13 aromatic rings. The summed E-state index contributed by atoms with van der Waals surface area (Å²) in [6, 6.07) is 75.9. The van der Waals surface area contributed by atoms with Crippen LogP contribution in [-0.4, -0.2) is 0 Å². The second-order valence-corrected chi connectivity index (χ2v) is 17.0. The molecule has 4 heteroatoms. The van der Waals surface area contributed by atoms with Crippen molar-refractivity contribution in [1.82, 2.24) is 0 Å². The van der Waals surface area contributed by atoms with Crippen LogP contribution in [0.1, 0.15) is 0 Å². The van der Waals surface area contributed by atoms with Gasteiger partial charge in [-0.2, -0.15) is 0 Å². The normalized spacial score (nSPS) is 11.9. The molecule has 3 aromatic heterocycles. The first-order chi connectivity index (χ1) is 30.7. The maximum absolute atomic E-state index is 7.03. The second-order valence-electron chi connectivity index (χ2n) is 16.0. The van der Waals surface area contributed by atoms with E-state index in [0.29, 0.717) is 0 Å². The van der Waals surface area contributed by atoms with Gasteiger partial charge in [0.25, 0.3) is 0 Å². The fourth-order valence-electron chi connectivity index (χ4n) is 9.65. The third-order valence-corrected chi connectivity index (χ3v) is 13.7. The zero-order valence-corrected chi connectivity index (χ0v) is 34.2. The largest absolute Gasteiger partial charge is 0.456 e. The van der Waals surface area contributed by atoms with E-state index in [4.69, 9.17) is 8.83 Å². The van der Waals surface area contributed by atoms with Gasteiger partial charge < -0.3 is 13.7 Å². The van der Waals surface area contributed by atoms with Crippen molar-refractivity contribution in [3.63, 3.8) is 0 Å². The number of benzene rings is 10. The van der Waals surface area contributed by atoms with Crippen molar-refractivity contribution < 1.29 is 8.83 Å². The number of rotatable bonds is 6. The summed E-state index contributed by atoms with van der Waals surface area (Å²) in [7, 11) is 0. The van der Waals surface area contributed by atoms with Gasteiger partial charge in [0.2, 0.25) is 0 Å². The molecule has 0 spiro atoms. The van der Waals surface area contributed by atoms with E-state index in [-0.39, 0.29) is 0 Å². The molecular formula is C58H35NO2S. The highest BCUT2D eigenvalue weighted by molar-refractivity contribution is 7.26. The predicted octanol–water partition coefficient (Wildman–Crippen LogP) is 17.5. The van der Waals surface area contributed by atoms with Gasteiger partial charge >= 0.3 is 0 Å². The zero-order chi connectivity index (χ0) is 40.7. The van der Waals surface area contributed by atoms with E-state index in [1.54, 1.807) is 0 Å². The first-order valence-corrected chi connectivity index (χ1v) is 21.8. The van der Waals surface area contributed by atoms with Crippen LogP contribution < -0.4 is 4.90 Å². The number of hydrogen-bond donors (Lipinski definition) is 0. The minimum atomic E-state index is 0.825. The molecule has 13 rings (SSSR count). The Labute approximate surface area is 360 Å². The van der Waals surface area contributed by atoms with Gasteiger partial charge in [-0.05, 0) is 105 Å². The number of furan rings is 2. The molecular weight excluding hydrogens is 775 g/mol. The summed E-state index contributed by atoms with van der Waals surface area (Å²) in [5.41, 5.74) is 13.4. The van der Waals surface area contributed by atoms with Crippen LogP contribution in [-0.2, 0) is 0 Å². The molecule has 290 valence electrons. The molecule has 62 heavy (non-hydrogen) atoms. The molecule has 0 aliphatic carbocycles. The summed E-state index contributed by atoms with van der Waals surface area (Å²) in [4.78, 5) is 2.34. The quantitative estimate of drug-likeness (QED) is 0.168. The number of fused-ring (bicyclic) bond motifs is 11. The maximum atomic E-state index is 7.03. The van der Waals surface area contributed by atoms with Crippen LogP contribution >= 0.6 is 11.3 Å². The Hall–Kier alpha value is -7.92. The van der Waals surface area contributed by atoms with E-state index in [0.717, 1.165) is 77.6 Å². The van der Waals surface area contributed by atoms with Crippen LogP contribution in [0, 0.1) is 0 Å². The highest BCUT2D eigenvalue weighted by Crippen LogP contribution is 2.50. The van der Waals surface area contributed by atoms with Gasteiger partial charge in [-0.3, -0.25) is 0 Å². The number of anilines is 3. The molecule has 3 heterocycles. The Morgan fingerprint density at radius 1 is 0.339 bits per heavy atom. The van der Waals surface area contributed by atoms with Crippen LogP contribution in [0.2, 0.25) is 0 Å². The SMILES string of the molecule is c1ccc(-c2ccc(N(c3ccc(-c4cccc5ccccc45)cc3)c3ccc(-c4cccc5oc6ccc7c8ccccc8sc7c6c45)c4c3oc3ccccc34)cc2)cc1. The molecule has 0 aliphatic rings. The molecule has 0 saturated carbocycles. The molecule has 0 bridgehead atoms. The number of nitrogens with zero attached hydrogens (tertiary/aromatic N) is 1. The topological polar surface area (TPSA) is 29.5 Å². The first kappa shape index (κ1) is 34.9. The van der Waals surface area contributed by atoms with E-state index >= 15 is 0 Å². The molecule has 0 fully saturated rings. The highest BCUT2D eigenvalue weighted by Gasteiger charge is 2.25. The van der Waals surface area contributed by atoms with E-state index in [1.807, 2.05) is 11.3 Å². The summed E-state index contributed by atoms with van der Waals surface area (Å²) in [6.07, 6.45) is 0. The minimum absolute atomic E-state index is 0.825. The molecule has 10 aromatic carbocycles. The molecule has 0 amide bonds. The van der Waals surface area contributed by atoms with Crippen LogP contribution in [0.4, 0.5) is 17.1 Å². The second kappa shape index (κ2) is 13.8. The summed E-state index contributed by atoms with van der Waals surface area (Å²) >= 11 is 1.84. The monoisotopic (exact) mass is 809 g/mol. The van der Waals surface area contributed by atoms with Gasteiger partial charge in [0.1, 0.15) is 16.7 Å². The smallest absolute Gasteiger partial charge is 0.160 e. The third kappa shape index (κ3) is 5.37. The Morgan fingerprint density at radius 2 is 0.952 bits per heavy atom. The van der Waals surface area contributed by atoms with Gasteiger partial charge in [0, 0.05) is 53.1 Å². The standard InChI is InChI=1S/C58H35NO2S/c1-2-12-36(13-3-1)37-24-28-40(29-25-37)59(41-30-26-39(27-31-41)43-19-10-15-38-14-4-5-16-42(38)43)49-34-32-46(54-48-18-6-8-21-50(48)61-57(49)54)45-20-11-22-51-55(45)56-52(60-51)35-33-47-44-17-7-9-23-53(44)62-58(47)56/h1-35H. The average molecular weight is 810 g/mol. The van der Waals surface area contributed by atoms with Crippen LogP contribution in [0.15, 0.2) is 221 Å². The predicted molar refractivity (Wildman–Crippen MR) is 262 cm³/mol. The molecule has 0 atom stereocenters. The van der Waals surface area contributed by atoms with E-state index in [9.17, 15) is 0 Å². The van der Waals surface area contributed by atoms with Gasteiger partial charge in [-0.15, -0.1) is 11.3 Å². The van der Waals surface area contributed by atoms with Crippen molar-refractivity contribution in [1.29, 1.82) is 0 Å². The Morgan fingerprint density at radius 3 is 1.79 bits per heavy atom. The van der Waals surface area contributed by atoms with Crippen LogP contribution in [0.5, 0.6) is 0 Å². The molecule has 0 saturated heterocycles.